The molecule has 0 aromatic carbocycles. The van der Waals surface area contributed by atoms with Gasteiger partial charge in [0.25, 0.3) is 0 Å². The predicted octanol–water partition coefficient (Wildman–Crippen LogP) is 4.36. The Morgan fingerprint density at radius 2 is 2.00 bits per heavy atom. The summed E-state index contributed by atoms with van der Waals surface area (Å²) in [4.78, 5) is 14.2. The normalized spacial score (nSPS) is 21.6. The third-order valence-corrected chi connectivity index (χ3v) is 3.40. The summed E-state index contributed by atoms with van der Waals surface area (Å²) in [6, 6.07) is 0.391. The molecule has 0 radical (unpaired) electrons. The van der Waals surface area contributed by atoms with Crippen LogP contribution in [0.5, 0.6) is 0 Å². The average molecular weight is 255 g/mol. The quantitative estimate of drug-likeness (QED) is 0.750. The molecule has 106 valence electrons. The van der Waals surface area contributed by atoms with Crippen molar-refractivity contribution >= 4 is 6.09 Å². The maximum Gasteiger partial charge on any atom is 0.410 e. The minimum Gasteiger partial charge on any atom is -0.444 e. The van der Waals surface area contributed by atoms with Crippen molar-refractivity contribution in [3.05, 3.63) is 0 Å². The van der Waals surface area contributed by atoms with E-state index in [0.29, 0.717) is 6.04 Å². The lowest BCUT2D eigenvalue weighted by Crippen LogP contribution is -2.43. The first-order valence-electron chi connectivity index (χ1n) is 7.43. The number of ether oxygens (including phenoxy) is 1. The van der Waals surface area contributed by atoms with Gasteiger partial charge in [0.15, 0.2) is 0 Å². The summed E-state index contributed by atoms with van der Waals surface area (Å²) in [5.41, 5.74) is -0.390. The van der Waals surface area contributed by atoms with E-state index >= 15 is 0 Å². The standard InChI is InChI=1S/C15H29NO2/c1-5-6-10-13-11-8-7-9-12-16(13)14(17)18-15(2,3)4/h13H,5-12H2,1-4H3/t13-/m0/s1. The van der Waals surface area contributed by atoms with Crippen LogP contribution < -0.4 is 0 Å². The number of amides is 1. The van der Waals surface area contributed by atoms with Crippen molar-refractivity contribution in [1.82, 2.24) is 4.90 Å². The number of hydrogen-bond donors (Lipinski definition) is 0. The van der Waals surface area contributed by atoms with E-state index in [0.717, 1.165) is 25.8 Å². The molecule has 0 aliphatic carbocycles. The molecule has 1 rings (SSSR count). The number of rotatable bonds is 3. The Hall–Kier alpha value is -0.730. The van der Waals surface area contributed by atoms with E-state index in [1.165, 1.54) is 25.7 Å². The Bertz CT molecular complexity index is 258. The maximum atomic E-state index is 12.2. The number of likely N-dealkylation sites (tertiary alicyclic amines) is 1. The third-order valence-electron chi connectivity index (χ3n) is 3.40. The summed E-state index contributed by atoms with van der Waals surface area (Å²) in [5.74, 6) is 0. The first-order chi connectivity index (χ1) is 8.44. The maximum absolute atomic E-state index is 12.2. The Kier molecular flexibility index (Phi) is 5.97. The van der Waals surface area contributed by atoms with Gasteiger partial charge in [0.2, 0.25) is 0 Å². The molecule has 1 aliphatic heterocycles. The average Bonchev–Trinajstić information content (AvgIpc) is 2.48. The van der Waals surface area contributed by atoms with Crippen LogP contribution in [0.4, 0.5) is 4.79 Å². The van der Waals surface area contributed by atoms with E-state index in [-0.39, 0.29) is 6.09 Å². The molecule has 1 fully saturated rings. The van der Waals surface area contributed by atoms with Crippen LogP contribution in [0.2, 0.25) is 0 Å². The van der Waals surface area contributed by atoms with Gasteiger partial charge in [0, 0.05) is 12.6 Å². The van der Waals surface area contributed by atoms with Crippen LogP contribution in [0.3, 0.4) is 0 Å². The minimum absolute atomic E-state index is 0.120. The molecule has 0 bridgehead atoms. The van der Waals surface area contributed by atoms with Crippen molar-refractivity contribution in [2.45, 2.75) is 84.3 Å². The first kappa shape index (κ1) is 15.3. The number of carbonyl (C=O) groups is 1. The zero-order chi connectivity index (χ0) is 13.6. The Morgan fingerprint density at radius 3 is 2.61 bits per heavy atom. The molecule has 3 nitrogen and oxygen atoms in total. The van der Waals surface area contributed by atoms with Gasteiger partial charge in [-0.25, -0.2) is 4.79 Å². The van der Waals surface area contributed by atoms with Gasteiger partial charge in [-0.15, -0.1) is 0 Å². The van der Waals surface area contributed by atoms with E-state index in [1.807, 2.05) is 25.7 Å². The van der Waals surface area contributed by atoms with Crippen molar-refractivity contribution in [3.8, 4) is 0 Å². The second-order valence-corrected chi connectivity index (χ2v) is 6.32. The summed E-state index contributed by atoms with van der Waals surface area (Å²) < 4.78 is 5.53. The largest absolute Gasteiger partial charge is 0.444 e. The Morgan fingerprint density at radius 1 is 1.28 bits per heavy atom. The van der Waals surface area contributed by atoms with Crippen LogP contribution in [0.1, 0.15) is 72.6 Å². The van der Waals surface area contributed by atoms with Gasteiger partial charge in [-0.05, 0) is 40.0 Å². The lowest BCUT2D eigenvalue weighted by Gasteiger charge is -2.32. The van der Waals surface area contributed by atoms with E-state index in [4.69, 9.17) is 4.74 Å². The smallest absolute Gasteiger partial charge is 0.410 e. The molecule has 1 aliphatic rings. The van der Waals surface area contributed by atoms with Crippen LogP contribution in [0.25, 0.3) is 0 Å². The second-order valence-electron chi connectivity index (χ2n) is 6.32. The van der Waals surface area contributed by atoms with Gasteiger partial charge in [-0.3, -0.25) is 0 Å². The molecule has 1 atom stereocenters. The Labute approximate surface area is 112 Å². The predicted molar refractivity (Wildman–Crippen MR) is 74.7 cm³/mol. The van der Waals surface area contributed by atoms with Crippen molar-refractivity contribution in [2.24, 2.45) is 0 Å². The van der Waals surface area contributed by atoms with Gasteiger partial charge in [-0.2, -0.15) is 0 Å². The molecule has 0 N–H and O–H groups in total. The fourth-order valence-electron chi connectivity index (χ4n) is 2.48. The fraction of sp³-hybridized carbons (Fsp3) is 0.933. The SMILES string of the molecule is CCCC[C@H]1CCCCCN1C(=O)OC(C)(C)C. The summed E-state index contributed by atoms with van der Waals surface area (Å²) in [7, 11) is 0. The van der Waals surface area contributed by atoms with Crippen LogP contribution in [-0.4, -0.2) is 29.2 Å². The van der Waals surface area contributed by atoms with Crippen molar-refractivity contribution in [3.63, 3.8) is 0 Å². The fourth-order valence-corrected chi connectivity index (χ4v) is 2.48. The minimum atomic E-state index is -0.390. The topological polar surface area (TPSA) is 29.5 Å². The van der Waals surface area contributed by atoms with Gasteiger partial charge < -0.3 is 9.64 Å². The van der Waals surface area contributed by atoms with Crippen LogP contribution in [-0.2, 0) is 4.74 Å². The monoisotopic (exact) mass is 255 g/mol. The molecule has 0 spiro atoms. The van der Waals surface area contributed by atoms with Crippen LogP contribution >= 0.6 is 0 Å². The first-order valence-corrected chi connectivity index (χ1v) is 7.43. The zero-order valence-corrected chi connectivity index (χ0v) is 12.5. The molecular formula is C15H29NO2. The molecule has 0 aromatic heterocycles. The van der Waals surface area contributed by atoms with E-state index in [2.05, 4.69) is 6.92 Å². The highest BCUT2D eigenvalue weighted by molar-refractivity contribution is 5.68. The molecule has 0 unspecified atom stereocenters. The van der Waals surface area contributed by atoms with Gasteiger partial charge in [0.1, 0.15) is 5.60 Å². The van der Waals surface area contributed by atoms with E-state index < -0.39 is 5.60 Å². The summed E-state index contributed by atoms with van der Waals surface area (Å²) >= 11 is 0. The number of hydrogen-bond acceptors (Lipinski definition) is 2. The Balaban J connectivity index is 2.63. The number of carbonyl (C=O) groups excluding carboxylic acids is 1. The summed E-state index contributed by atoms with van der Waals surface area (Å²) in [6.07, 6.45) is 8.13. The zero-order valence-electron chi connectivity index (χ0n) is 12.5. The lowest BCUT2D eigenvalue weighted by molar-refractivity contribution is 0.0156. The summed E-state index contributed by atoms with van der Waals surface area (Å²) in [6.45, 7) is 8.87. The van der Waals surface area contributed by atoms with Gasteiger partial charge >= 0.3 is 6.09 Å². The molecule has 1 amide bonds. The van der Waals surface area contributed by atoms with E-state index in [1.54, 1.807) is 0 Å². The summed E-state index contributed by atoms with van der Waals surface area (Å²) in [5, 5.41) is 0. The van der Waals surface area contributed by atoms with Crippen LogP contribution in [0, 0.1) is 0 Å². The number of unbranched alkanes of at least 4 members (excludes halogenated alkanes) is 1. The van der Waals surface area contributed by atoms with E-state index in [9.17, 15) is 4.79 Å². The van der Waals surface area contributed by atoms with Crippen molar-refractivity contribution in [2.75, 3.05) is 6.54 Å². The molecule has 0 saturated carbocycles. The number of nitrogens with zero attached hydrogens (tertiary/aromatic N) is 1. The van der Waals surface area contributed by atoms with Crippen molar-refractivity contribution in [1.29, 1.82) is 0 Å². The van der Waals surface area contributed by atoms with Crippen molar-refractivity contribution < 1.29 is 9.53 Å². The highest BCUT2D eigenvalue weighted by Crippen LogP contribution is 2.23. The molecule has 18 heavy (non-hydrogen) atoms. The molecule has 1 heterocycles. The van der Waals surface area contributed by atoms with Gasteiger partial charge in [-0.1, -0.05) is 32.6 Å². The third kappa shape index (κ3) is 5.28. The molecule has 0 aromatic rings. The highest BCUT2D eigenvalue weighted by Gasteiger charge is 2.28. The van der Waals surface area contributed by atoms with Crippen LogP contribution in [0.15, 0.2) is 0 Å². The highest BCUT2D eigenvalue weighted by atomic mass is 16.6. The second kappa shape index (κ2) is 7.01. The van der Waals surface area contributed by atoms with Gasteiger partial charge in [0.05, 0.1) is 0 Å². The lowest BCUT2D eigenvalue weighted by atomic mass is 10.0. The molecule has 3 heteroatoms. The molecule has 1 saturated heterocycles. The molecular weight excluding hydrogens is 226 g/mol.